The predicted molar refractivity (Wildman–Crippen MR) is 122 cm³/mol. The molecule has 0 unspecified atom stereocenters. The highest BCUT2D eigenvalue weighted by Crippen LogP contribution is 2.67. The van der Waals surface area contributed by atoms with Gasteiger partial charge in [-0.3, -0.25) is 4.99 Å². The molecule has 0 aromatic heterocycles. The molecule has 0 bridgehead atoms. The monoisotopic (exact) mass is 413 g/mol. The highest BCUT2D eigenvalue weighted by atomic mass is 16.3. The third-order valence-corrected chi connectivity index (χ3v) is 10.9. The van der Waals surface area contributed by atoms with Crippen LogP contribution in [0.3, 0.4) is 0 Å². The minimum absolute atomic E-state index is 0.0298. The first-order chi connectivity index (χ1) is 14.2. The Morgan fingerprint density at radius 3 is 2.63 bits per heavy atom. The zero-order valence-electron chi connectivity index (χ0n) is 19.6. The van der Waals surface area contributed by atoms with Gasteiger partial charge in [-0.05, 0) is 98.7 Å². The van der Waals surface area contributed by atoms with E-state index in [-0.39, 0.29) is 23.0 Å². The van der Waals surface area contributed by atoms with Crippen LogP contribution in [0, 0.1) is 46.3 Å². The molecule has 1 heterocycles. The maximum atomic E-state index is 11.7. The van der Waals surface area contributed by atoms with E-state index in [1.807, 2.05) is 0 Å². The number of hydrogen-bond acceptors (Lipinski definition) is 3. The van der Waals surface area contributed by atoms with E-state index in [1.54, 1.807) is 0 Å². The molecule has 0 aromatic rings. The summed E-state index contributed by atoms with van der Waals surface area (Å²) in [5, 5.41) is 21.9. The Morgan fingerprint density at radius 1 is 1.10 bits per heavy atom. The number of rotatable bonds is 2. The van der Waals surface area contributed by atoms with Crippen molar-refractivity contribution in [3.63, 3.8) is 0 Å². The van der Waals surface area contributed by atoms with Gasteiger partial charge in [0.15, 0.2) is 0 Å². The second kappa shape index (κ2) is 7.44. The summed E-state index contributed by atoms with van der Waals surface area (Å²) in [4.78, 5) is 5.00. The maximum Gasteiger partial charge on any atom is 0.0602 e. The zero-order chi connectivity index (χ0) is 21.3. The van der Waals surface area contributed by atoms with E-state index in [4.69, 9.17) is 4.99 Å². The molecule has 168 valence electrons. The van der Waals surface area contributed by atoms with Crippen LogP contribution in [0.2, 0.25) is 0 Å². The van der Waals surface area contributed by atoms with Crippen LogP contribution in [0.4, 0.5) is 0 Å². The molecule has 0 spiro atoms. The van der Waals surface area contributed by atoms with Crippen molar-refractivity contribution in [3.05, 3.63) is 11.6 Å². The van der Waals surface area contributed by atoms with Crippen molar-refractivity contribution >= 4 is 5.71 Å². The van der Waals surface area contributed by atoms with Crippen LogP contribution in [0.5, 0.6) is 0 Å². The molecule has 30 heavy (non-hydrogen) atoms. The fourth-order valence-corrected chi connectivity index (χ4v) is 8.90. The van der Waals surface area contributed by atoms with E-state index in [0.29, 0.717) is 29.6 Å². The SMILES string of the molecule is C[C@H]1CCC([C@@H](C)[C@H]2CC[C@H]3[C@@H]4CC=C5C[C@@H](O)CC[C@]5(C)[C@H]4C[C@H](O)[C@]23C)=NC1. The summed E-state index contributed by atoms with van der Waals surface area (Å²) in [7, 11) is 0. The molecule has 5 rings (SSSR count). The second-order valence-electron chi connectivity index (χ2n) is 12.2. The summed E-state index contributed by atoms with van der Waals surface area (Å²) < 4.78 is 0. The fraction of sp³-hybridized carbons (Fsp3) is 0.889. The first-order valence-electron chi connectivity index (χ1n) is 12.8. The van der Waals surface area contributed by atoms with E-state index in [0.717, 1.165) is 51.0 Å². The number of hydrogen-bond donors (Lipinski definition) is 2. The molecule has 0 saturated heterocycles. The Morgan fingerprint density at radius 2 is 1.90 bits per heavy atom. The predicted octanol–water partition coefficient (Wildman–Crippen LogP) is 5.40. The van der Waals surface area contributed by atoms with Gasteiger partial charge in [-0.1, -0.05) is 39.3 Å². The zero-order valence-corrected chi connectivity index (χ0v) is 19.6. The molecule has 3 nitrogen and oxygen atoms in total. The van der Waals surface area contributed by atoms with E-state index in [2.05, 4.69) is 33.8 Å². The largest absolute Gasteiger partial charge is 0.393 e. The van der Waals surface area contributed by atoms with E-state index in [1.165, 1.54) is 30.5 Å². The highest BCUT2D eigenvalue weighted by Gasteiger charge is 2.62. The van der Waals surface area contributed by atoms with Crippen molar-refractivity contribution in [3.8, 4) is 0 Å². The molecule has 0 amide bonds. The summed E-state index contributed by atoms with van der Waals surface area (Å²) in [6.07, 6.45) is 12.1. The third kappa shape index (κ3) is 3.01. The van der Waals surface area contributed by atoms with Gasteiger partial charge in [0.1, 0.15) is 0 Å². The first kappa shape index (κ1) is 21.2. The Hall–Kier alpha value is -0.670. The normalized spacial score (nSPS) is 51.9. The number of nitrogens with zero attached hydrogens (tertiary/aromatic N) is 1. The van der Waals surface area contributed by atoms with Crippen molar-refractivity contribution in [1.82, 2.24) is 0 Å². The molecule has 3 fully saturated rings. The number of aliphatic hydroxyl groups is 2. The topological polar surface area (TPSA) is 52.8 Å². The van der Waals surface area contributed by atoms with Crippen LogP contribution in [0.1, 0.15) is 85.5 Å². The number of aliphatic hydroxyl groups excluding tert-OH is 2. The lowest BCUT2D eigenvalue weighted by molar-refractivity contribution is -0.133. The smallest absolute Gasteiger partial charge is 0.0602 e. The van der Waals surface area contributed by atoms with Gasteiger partial charge < -0.3 is 10.2 Å². The van der Waals surface area contributed by atoms with E-state index < -0.39 is 0 Å². The number of fused-ring (bicyclic) bond motifs is 5. The quantitative estimate of drug-likeness (QED) is 0.595. The molecule has 2 N–H and O–H groups in total. The molecule has 0 radical (unpaired) electrons. The van der Waals surface area contributed by atoms with Gasteiger partial charge in [0.05, 0.1) is 12.2 Å². The summed E-state index contributed by atoms with van der Waals surface area (Å²) in [5.74, 6) is 3.72. The summed E-state index contributed by atoms with van der Waals surface area (Å²) in [6, 6.07) is 0. The molecular formula is C27H43NO2. The van der Waals surface area contributed by atoms with Crippen LogP contribution in [-0.4, -0.2) is 34.7 Å². The Kier molecular flexibility index (Phi) is 5.26. The standard InChI is InChI=1S/C27H43NO2/c1-16-5-10-24(28-15-16)17(2)21-8-9-22-20-7-6-18-13-19(29)11-12-26(18,3)23(20)14-25(30)27(21,22)4/h6,16-17,19-23,25,29-30H,5,7-15H2,1-4H3/t16-,17-,19-,20-,21+,22-,23-,25-,26-,27+/m0/s1. The second-order valence-corrected chi connectivity index (χ2v) is 12.2. The average Bonchev–Trinajstić information content (AvgIpc) is 3.08. The molecule has 3 heteroatoms. The summed E-state index contributed by atoms with van der Waals surface area (Å²) in [5.41, 5.74) is 3.15. The minimum atomic E-state index is -0.204. The number of aliphatic imine (C=N–C) groups is 1. The van der Waals surface area contributed by atoms with Crippen molar-refractivity contribution in [2.24, 2.45) is 51.3 Å². The van der Waals surface area contributed by atoms with Crippen molar-refractivity contribution < 1.29 is 10.2 Å². The third-order valence-electron chi connectivity index (χ3n) is 10.9. The number of allylic oxidation sites excluding steroid dienone is 1. The van der Waals surface area contributed by atoms with E-state index in [9.17, 15) is 10.2 Å². The molecule has 4 aliphatic carbocycles. The minimum Gasteiger partial charge on any atom is -0.393 e. The van der Waals surface area contributed by atoms with Crippen LogP contribution < -0.4 is 0 Å². The maximum absolute atomic E-state index is 11.7. The van der Waals surface area contributed by atoms with Crippen molar-refractivity contribution in [2.75, 3.05) is 6.54 Å². The lowest BCUT2D eigenvalue weighted by Gasteiger charge is -2.60. The molecular weight excluding hydrogens is 370 g/mol. The molecule has 1 aliphatic heterocycles. The Balaban J connectivity index is 1.43. The first-order valence-corrected chi connectivity index (χ1v) is 12.8. The van der Waals surface area contributed by atoms with Crippen molar-refractivity contribution in [1.29, 1.82) is 0 Å². The van der Waals surface area contributed by atoms with Gasteiger partial charge in [-0.15, -0.1) is 0 Å². The van der Waals surface area contributed by atoms with E-state index >= 15 is 0 Å². The van der Waals surface area contributed by atoms with Gasteiger partial charge in [0.25, 0.3) is 0 Å². The molecule has 0 aromatic carbocycles. The lowest BCUT2D eigenvalue weighted by atomic mass is 9.46. The van der Waals surface area contributed by atoms with Gasteiger partial charge in [0, 0.05) is 17.7 Å². The molecule has 5 aliphatic rings. The van der Waals surface area contributed by atoms with Gasteiger partial charge >= 0.3 is 0 Å². The van der Waals surface area contributed by atoms with Crippen LogP contribution in [0.15, 0.2) is 16.6 Å². The highest BCUT2D eigenvalue weighted by molar-refractivity contribution is 5.87. The lowest BCUT2D eigenvalue weighted by Crippen LogP contribution is -2.57. The van der Waals surface area contributed by atoms with Crippen molar-refractivity contribution in [2.45, 2.75) is 97.7 Å². The van der Waals surface area contributed by atoms with Gasteiger partial charge in [0.2, 0.25) is 0 Å². The van der Waals surface area contributed by atoms with Gasteiger partial charge in [-0.25, -0.2) is 0 Å². The summed E-state index contributed by atoms with van der Waals surface area (Å²) in [6.45, 7) is 10.6. The van der Waals surface area contributed by atoms with Crippen LogP contribution in [-0.2, 0) is 0 Å². The Labute approximate surface area is 183 Å². The fourth-order valence-electron chi connectivity index (χ4n) is 8.90. The van der Waals surface area contributed by atoms with Crippen LogP contribution >= 0.6 is 0 Å². The molecule has 10 atom stereocenters. The Bertz CT molecular complexity index is 743. The van der Waals surface area contributed by atoms with Crippen LogP contribution in [0.25, 0.3) is 0 Å². The summed E-state index contributed by atoms with van der Waals surface area (Å²) >= 11 is 0. The van der Waals surface area contributed by atoms with Gasteiger partial charge in [-0.2, -0.15) is 0 Å². The average molecular weight is 414 g/mol. The molecule has 3 saturated carbocycles.